The molecule has 1 saturated heterocycles. The number of benzene rings is 2. The third-order valence-corrected chi connectivity index (χ3v) is 4.68. The highest BCUT2D eigenvalue weighted by molar-refractivity contribution is 6.03. The van der Waals surface area contributed by atoms with Crippen molar-refractivity contribution in [3.63, 3.8) is 0 Å². The molecule has 0 aliphatic carbocycles. The molecule has 1 aliphatic heterocycles. The first-order chi connectivity index (χ1) is 13.1. The van der Waals surface area contributed by atoms with Gasteiger partial charge in [-0.25, -0.2) is 4.39 Å². The summed E-state index contributed by atoms with van der Waals surface area (Å²) in [5, 5.41) is 2.82. The highest BCUT2D eigenvalue weighted by Gasteiger charge is 2.22. The van der Waals surface area contributed by atoms with E-state index in [1.54, 1.807) is 36.4 Å². The largest absolute Gasteiger partial charge is 0.494 e. The summed E-state index contributed by atoms with van der Waals surface area (Å²) in [5.74, 6) is -0.539. The first-order valence-electron chi connectivity index (χ1n) is 9.09. The highest BCUT2D eigenvalue weighted by atomic mass is 19.1. The van der Waals surface area contributed by atoms with E-state index in [9.17, 15) is 14.0 Å². The molecule has 2 amide bonds. The molecule has 27 heavy (non-hydrogen) atoms. The third kappa shape index (κ3) is 4.64. The highest BCUT2D eigenvalue weighted by Crippen LogP contribution is 2.21. The van der Waals surface area contributed by atoms with E-state index in [1.807, 2.05) is 4.90 Å². The van der Waals surface area contributed by atoms with Crippen molar-refractivity contribution in [3.05, 3.63) is 59.4 Å². The van der Waals surface area contributed by atoms with E-state index in [2.05, 4.69) is 5.32 Å². The molecule has 1 N–H and O–H groups in total. The minimum Gasteiger partial charge on any atom is -0.494 e. The maximum atomic E-state index is 13.7. The van der Waals surface area contributed by atoms with Gasteiger partial charge in [0.2, 0.25) is 5.91 Å². The Morgan fingerprint density at radius 2 is 1.89 bits per heavy atom. The standard InChI is InChI=1S/C21H23FN2O3/c1-27-19-10-8-15(14-17(19)22)9-11-20(25)23-18-7-3-2-6-16(18)21(26)24-12-4-5-13-24/h2-3,6-8,10,14H,4-5,9,11-13H2,1H3,(H,23,25). The Bertz CT molecular complexity index is 832. The van der Waals surface area contributed by atoms with Crippen LogP contribution >= 0.6 is 0 Å². The Kier molecular flexibility index (Phi) is 6.06. The Hall–Kier alpha value is -2.89. The molecule has 5 nitrogen and oxygen atoms in total. The van der Waals surface area contributed by atoms with Crippen LogP contribution < -0.4 is 10.1 Å². The normalized spacial score (nSPS) is 13.5. The Morgan fingerprint density at radius 1 is 1.15 bits per heavy atom. The molecular formula is C21H23FN2O3. The molecule has 1 fully saturated rings. The second-order valence-corrected chi connectivity index (χ2v) is 6.56. The first-order valence-corrected chi connectivity index (χ1v) is 9.09. The van der Waals surface area contributed by atoms with Crippen molar-refractivity contribution in [2.24, 2.45) is 0 Å². The number of ether oxygens (including phenoxy) is 1. The van der Waals surface area contributed by atoms with E-state index in [0.29, 0.717) is 23.2 Å². The number of methoxy groups -OCH3 is 1. The van der Waals surface area contributed by atoms with Crippen molar-refractivity contribution in [2.45, 2.75) is 25.7 Å². The van der Waals surface area contributed by atoms with Gasteiger partial charge in [-0.15, -0.1) is 0 Å². The molecule has 142 valence electrons. The first kappa shape index (κ1) is 18.9. The number of anilines is 1. The van der Waals surface area contributed by atoms with Crippen molar-refractivity contribution in [1.29, 1.82) is 0 Å². The Morgan fingerprint density at radius 3 is 2.59 bits per heavy atom. The van der Waals surface area contributed by atoms with E-state index in [1.165, 1.54) is 13.2 Å². The lowest BCUT2D eigenvalue weighted by atomic mass is 10.1. The minimum atomic E-state index is -0.447. The van der Waals surface area contributed by atoms with Gasteiger partial charge >= 0.3 is 0 Å². The summed E-state index contributed by atoms with van der Waals surface area (Å²) in [6.45, 7) is 1.51. The van der Waals surface area contributed by atoms with Crippen LogP contribution in [0, 0.1) is 5.82 Å². The van der Waals surface area contributed by atoms with Gasteiger partial charge < -0.3 is 15.0 Å². The van der Waals surface area contributed by atoms with Crippen LogP contribution in [0.2, 0.25) is 0 Å². The van der Waals surface area contributed by atoms with Gasteiger partial charge in [0, 0.05) is 19.5 Å². The molecule has 0 radical (unpaired) electrons. The molecule has 1 heterocycles. The maximum Gasteiger partial charge on any atom is 0.255 e. The van der Waals surface area contributed by atoms with E-state index in [4.69, 9.17) is 4.74 Å². The van der Waals surface area contributed by atoms with Gasteiger partial charge in [0.1, 0.15) is 0 Å². The molecule has 0 unspecified atom stereocenters. The van der Waals surface area contributed by atoms with Crippen LogP contribution in [0.25, 0.3) is 0 Å². The zero-order valence-corrected chi connectivity index (χ0v) is 15.3. The van der Waals surface area contributed by atoms with Gasteiger partial charge in [-0.3, -0.25) is 9.59 Å². The fourth-order valence-corrected chi connectivity index (χ4v) is 3.21. The number of para-hydroxylation sites is 1. The van der Waals surface area contributed by atoms with Gasteiger partial charge in [0.05, 0.1) is 18.4 Å². The molecule has 0 bridgehead atoms. The number of hydrogen-bond donors (Lipinski definition) is 1. The van der Waals surface area contributed by atoms with Crippen LogP contribution in [0.5, 0.6) is 5.75 Å². The maximum absolute atomic E-state index is 13.7. The van der Waals surface area contributed by atoms with E-state index in [-0.39, 0.29) is 24.0 Å². The smallest absolute Gasteiger partial charge is 0.255 e. The molecule has 2 aromatic rings. The van der Waals surface area contributed by atoms with Crippen LogP contribution in [0.4, 0.5) is 10.1 Å². The Balaban J connectivity index is 1.62. The number of carbonyl (C=O) groups is 2. The molecule has 1 aliphatic rings. The average Bonchev–Trinajstić information content (AvgIpc) is 3.21. The van der Waals surface area contributed by atoms with Crippen LogP contribution in [-0.2, 0) is 11.2 Å². The molecule has 0 aromatic heterocycles. The molecule has 0 saturated carbocycles. The molecule has 3 rings (SSSR count). The van der Waals surface area contributed by atoms with Crippen molar-refractivity contribution < 1.29 is 18.7 Å². The van der Waals surface area contributed by atoms with E-state index in [0.717, 1.165) is 25.9 Å². The van der Waals surface area contributed by atoms with Crippen molar-refractivity contribution in [1.82, 2.24) is 4.90 Å². The molecule has 2 aromatic carbocycles. The zero-order chi connectivity index (χ0) is 19.2. The summed E-state index contributed by atoms with van der Waals surface area (Å²) in [6, 6.07) is 11.7. The fourth-order valence-electron chi connectivity index (χ4n) is 3.21. The number of carbonyl (C=O) groups excluding carboxylic acids is 2. The number of aryl methyl sites for hydroxylation is 1. The second-order valence-electron chi connectivity index (χ2n) is 6.56. The monoisotopic (exact) mass is 370 g/mol. The van der Waals surface area contributed by atoms with Gasteiger partial charge in [-0.1, -0.05) is 18.2 Å². The average molecular weight is 370 g/mol. The predicted octanol–water partition coefficient (Wildman–Crippen LogP) is 3.64. The molecular weight excluding hydrogens is 347 g/mol. The van der Waals surface area contributed by atoms with Crippen LogP contribution in [0.15, 0.2) is 42.5 Å². The number of nitrogens with zero attached hydrogens (tertiary/aromatic N) is 1. The van der Waals surface area contributed by atoms with Gasteiger partial charge in [-0.2, -0.15) is 0 Å². The summed E-state index contributed by atoms with van der Waals surface area (Å²) < 4.78 is 18.6. The van der Waals surface area contributed by atoms with Crippen molar-refractivity contribution >= 4 is 17.5 Å². The number of likely N-dealkylation sites (tertiary alicyclic amines) is 1. The lowest BCUT2D eigenvalue weighted by Gasteiger charge is -2.18. The predicted molar refractivity (Wildman–Crippen MR) is 101 cm³/mol. The van der Waals surface area contributed by atoms with E-state index >= 15 is 0 Å². The van der Waals surface area contributed by atoms with Gasteiger partial charge in [0.25, 0.3) is 5.91 Å². The molecule has 0 atom stereocenters. The Labute approximate surface area is 158 Å². The summed E-state index contributed by atoms with van der Waals surface area (Å²) in [5.41, 5.74) is 1.73. The number of rotatable bonds is 6. The van der Waals surface area contributed by atoms with Crippen molar-refractivity contribution in [3.8, 4) is 5.75 Å². The lowest BCUT2D eigenvalue weighted by molar-refractivity contribution is -0.116. The van der Waals surface area contributed by atoms with Gasteiger partial charge in [-0.05, 0) is 49.1 Å². The second kappa shape index (κ2) is 8.66. The summed E-state index contributed by atoms with van der Waals surface area (Å²) >= 11 is 0. The molecule has 0 spiro atoms. The van der Waals surface area contributed by atoms with Gasteiger partial charge in [0.15, 0.2) is 11.6 Å². The molecule has 6 heteroatoms. The van der Waals surface area contributed by atoms with Crippen LogP contribution in [0.1, 0.15) is 35.2 Å². The summed E-state index contributed by atoms with van der Waals surface area (Å²) in [7, 11) is 1.41. The van der Waals surface area contributed by atoms with E-state index < -0.39 is 5.82 Å². The number of hydrogen-bond acceptors (Lipinski definition) is 3. The lowest BCUT2D eigenvalue weighted by Crippen LogP contribution is -2.28. The van der Waals surface area contributed by atoms with Crippen molar-refractivity contribution in [2.75, 3.05) is 25.5 Å². The number of halogens is 1. The summed E-state index contributed by atoms with van der Waals surface area (Å²) in [6.07, 6.45) is 2.62. The third-order valence-electron chi connectivity index (χ3n) is 4.68. The number of nitrogens with one attached hydrogen (secondary N) is 1. The number of amides is 2. The SMILES string of the molecule is COc1ccc(CCC(=O)Nc2ccccc2C(=O)N2CCCC2)cc1F. The minimum absolute atomic E-state index is 0.0550. The zero-order valence-electron chi connectivity index (χ0n) is 15.3. The summed E-state index contributed by atoms with van der Waals surface area (Å²) in [4.78, 5) is 26.8. The van der Waals surface area contributed by atoms with Crippen LogP contribution in [0.3, 0.4) is 0 Å². The quantitative estimate of drug-likeness (QED) is 0.845. The van der Waals surface area contributed by atoms with Crippen LogP contribution in [-0.4, -0.2) is 36.9 Å². The fraction of sp³-hybridized carbons (Fsp3) is 0.333. The topological polar surface area (TPSA) is 58.6 Å².